The Balaban J connectivity index is 1.88. The third-order valence-electron chi connectivity index (χ3n) is 4.45. The van der Waals surface area contributed by atoms with Gasteiger partial charge in [-0.05, 0) is 46.1 Å². The van der Waals surface area contributed by atoms with Crippen LogP contribution in [0, 0.1) is 5.41 Å². The van der Waals surface area contributed by atoms with Crippen molar-refractivity contribution in [3.8, 4) is 0 Å². The van der Waals surface area contributed by atoms with Gasteiger partial charge in [-0.3, -0.25) is 9.10 Å². The van der Waals surface area contributed by atoms with Crippen molar-refractivity contribution in [2.24, 2.45) is 5.41 Å². The Hall–Kier alpha value is 0.0900. The molecule has 2 aliphatic rings. The first-order valence-electron chi connectivity index (χ1n) is 7.63. The molecule has 0 saturated carbocycles. The van der Waals surface area contributed by atoms with Crippen molar-refractivity contribution in [2.45, 2.75) is 39.2 Å². The fourth-order valence-electron chi connectivity index (χ4n) is 3.13. The van der Waals surface area contributed by atoms with Crippen LogP contribution in [-0.2, 0) is 9.53 Å². The van der Waals surface area contributed by atoms with Gasteiger partial charge < -0.3 is 9.64 Å². The quantitative estimate of drug-likeness (QED) is 0.636. The molecule has 2 fully saturated rings. The Morgan fingerprint density at radius 1 is 1.24 bits per heavy atom. The number of thiol groups is 1. The van der Waals surface area contributed by atoms with Crippen LogP contribution in [0.15, 0.2) is 0 Å². The highest BCUT2D eigenvalue weighted by Gasteiger charge is 2.46. The first-order chi connectivity index (χ1) is 9.51. The van der Waals surface area contributed by atoms with Gasteiger partial charge in [-0.1, -0.05) is 0 Å². The summed E-state index contributed by atoms with van der Waals surface area (Å²) in [6.07, 6.45) is 6.76. The van der Waals surface area contributed by atoms with Gasteiger partial charge in [-0.25, -0.2) is 0 Å². The number of amides is 1. The molecule has 124 valence electrons. The molecule has 1 atom stereocenters. The normalized spacial score (nSPS) is 28.6. The molecule has 0 unspecified atom stereocenters. The van der Waals surface area contributed by atoms with Crippen molar-refractivity contribution in [1.82, 2.24) is 9.21 Å². The zero-order valence-electron chi connectivity index (χ0n) is 14.0. The smallest absolute Gasteiger partial charge is 0.248 e. The Morgan fingerprint density at radius 2 is 1.86 bits per heavy atom. The van der Waals surface area contributed by atoms with Gasteiger partial charge in [0.05, 0.1) is 5.60 Å². The lowest BCUT2D eigenvalue weighted by Gasteiger charge is -2.37. The van der Waals surface area contributed by atoms with E-state index >= 15 is 0 Å². The minimum Gasteiger partial charge on any atom is -0.366 e. The van der Waals surface area contributed by atoms with Crippen LogP contribution >= 0.6 is 20.9 Å². The lowest BCUT2D eigenvalue weighted by atomic mass is 9.87. The van der Waals surface area contributed by atoms with Gasteiger partial charge in [0.1, 0.15) is 6.61 Å². The summed E-state index contributed by atoms with van der Waals surface area (Å²) in [6.45, 7) is 10.1. The number of hydrogen-bond acceptors (Lipinski definition) is 4. The summed E-state index contributed by atoms with van der Waals surface area (Å²) in [4.78, 5) is 14.3. The van der Waals surface area contributed by atoms with Crippen LogP contribution in [0.5, 0.6) is 0 Å². The molecule has 2 rings (SSSR count). The molecule has 2 heterocycles. The van der Waals surface area contributed by atoms with Gasteiger partial charge in [0.15, 0.2) is 0 Å². The lowest BCUT2D eigenvalue weighted by molar-refractivity contribution is -0.140. The molecule has 21 heavy (non-hydrogen) atoms. The lowest BCUT2D eigenvalue weighted by Crippen LogP contribution is -2.37. The Bertz CT molecular complexity index is 403. The molecule has 0 aromatic rings. The SMILES string of the molecule is CC(C)(C)OCC(=O)N1CC[C@]2(CCN(S(C)(C)S)C2)C1. The molecule has 0 aromatic carbocycles. The second-order valence-electron chi connectivity index (χ2n) is 7.80. The predicted octanol–water partition coefficient (Wildman–Crippen LogP) is 2.55. The van der Waals surface area contributed by atoms with E-state index in [0.717, 1.165) is 32.6 Å². The maximum Gasteiger partial charge on any atom is 0.248 e. The minimum atomic E-state index is -0.934. The molecule has 2 saturated heterocycles. The first-order valence-corrected chi connectivity index (χ1v) is 11.1. The molecular formula is C15H30N2O2S2. The Kier molecular flexibility index (Phi) is 4.94. The molecule has 0 N–H and O–H groups in total. The number of hydrogen-bond donors (Lipinski definition) is 1. The fraction of sp³-hybridized carbons (Fsp3) is 0.933. The fourth-order valence-corrected chi connectivity index (χ4v) is 4.67. The van der Waals surface area contributed by atoms with E-state index in [4.69, 9.17) is 16.4 Å². The van der Waals surface area contributed by atoms with Crippen LogP contribution in [0.25, 0.3) is 0 Å². The zero-order chi connectivity index (χ0) is 15.9. The van der Waals surface area contributed by atoms with E-state index in [-0.39, 0.29) is 18.1 Å². The molecule has 1 amide bonds. The highest BCUT2D eigenvalue weighted by atomic mass is 33.1. The van der Waals surface area contributed by atoms with Crippen molar-refractivity contribution in [1.29, 1.82) is 0 Å². The van der Waals surface area contributed by atoms with E-state index in [1.807, 2.05) is 25.7 Å². The van der Waals surface area contributed by atoms with Crippen LogP contribution in [0.4, 0.5) is 0 Å². The topological polar surface area (TPSA) is 32.8 Å². The summed E-state index contributed by atoms with van der Waals surface area (Å²) >= 11 is 4.76. The largest absolute Gasteiger partial charge is 0.366 e. The summed E-state index contributed by atoms with van der Waals surface area (Å²) in [5.41, 5.74) is 0.0427. The Morgan fingerprint density at radius 3 is 2.38 bits per heavy atom. The summed E-state index contributed by atoms with van der Waals surface area (Å²) in [7, 11) is -0.934. The maximum absolute atomic E-state index is 12.3. The summed E-state index contributed by atoms with van der Waals surface area (Å²) in [5.74, 6) is 0.137. The molecule has 6 heteroatoms. The number of nitrogens with zero attached hydrogens (tertiary/aromatic N) is 2. The third-order valence-corrected chi connectivity index (χ3v) is 6.72. The second kappa shape index (κ2) is 5.95. The van der Waals surface area contributed by atoms with Crippen LogP contribution in [0.1, 0.15) is 33.6 Å². The van der Waals surface area contributed by atoms with Crippen molar-refractivity contribution < 1.29 is 9.53 Å². The van der Waals surface area contributed by atoms with Gasteiger partial charge in [-0.2, -0.15) is 0 Å². The van der Waals surface area contributed by atoms with Gasteiger partial charge in [0.25, 0.3) is 0 Å². The summed E-state index contributed by atoms with van der Waals surface area (Å²) in [5, 5.41) is 0. The summed E-state index contributed by atoms with van der Waals surface area (Å²) < 4.78 is 8.13. The van der Waals surface area contributed by atoms with Gasteiger partial charge in [0, 0.05) is 31.6 Å². The van der Waals surface area contributed by atoms with E-state index in [0.29, 0.717) is 5.41 Å². The number of ether oxygens (including phenoxy) is 1. The second-order valence-corrected chi connectivity index (χ2v) is 13.4. The molecule has 2 aliphatic heterocycles. The number of rotatable bonds is 3. The van der Waals surface area contributed by atoms with Gasteiger partial charge in [-0.15, -0.1) is 20.9 Å². The maximum atomic E-state index is 12.3. The van der Waals surface area contributed by atoms with Gasteiger partial charge >= 0.3 is 0 Å². The predicted molar refractivity (Wildman–Crippen MR) is 94.0 cm³/mol. The van der Waals surface area contributed by atoms with Crippen molar-refractivity contribution in [3.05, 3.63) is 0 Å². The molecule has 1 spiro atoms. The average molecular weight is 335 g/mol. The Labute approximate surface area is 135 Å². The molecule has 0 bridgehead atoms. The standard InChI is InChI=1S/C15H30N2O2S2/c1-14(2,3)19-10-13(18)16-8-6-15(11-16)7-9-17(12-15)21(4,5)20/h20H,6-12H2,1-5H3/t15-/m0/s1. The van der Waals surface area contributed by atoms with E-state index in [2.05, 4.69) is 16.8 Å². The number of carbonyl (C=O) groups is 1. The van der Waals surface area contributed by atoms with Crippen molar-refractivity contribution in [3.63, 3.8) is 0 Å². The minimum absolute atomic E-state index is 0.137. The molecule has 0 aromatic heterocycles. The average Bonchev–Trinajstić information content (AvgIpc) is 2.93. The van der Waals surface area contributed by atoms with E-state index in [1.54, 1.807) is 0 Å². The highest BCUT2D eigenvalue weighted by Crippen LogP contribution is 2.54. The molecular weight excluding hydrogens is 304 g/mol. The van der Waals surface area contributed by atoms with E-state index < -0.39 is 9.25 Å². The van der Waals surface area contributed by atoms with Crippen LogP contribution < -0.4 is 0 Å². The highest BCUT2D eigenvalue weighted by molar-refractivity contribution is 8.86. The first kappa shape index (κ1) is 17.4. The van der Waals surface area contributed by atoms with E-state index in [1.165, 1.54) is 6.42 Å². The molecule has 4 nitrogen and oxygen atoms in total. The van der Waals surface area contributed by atoms with Crippen molar-refractivity contribution in [2.75, 3.05) is 45.3 Å². The van der Waals surface area contributed by atoms with Gasteiger partial charge in [0.2, 0.25) is 5.91 Å². The third kappa shape index (κ3) is 4.53. The van der Waals surface area contributed by atoms with E-state index in [9.17, 15) is 4.79 Å². The zero-order valence-corrected chi connectivity index (χ0v) is 15.7. The van der Waals surface area contributed by atoms with Crippen LogP contribution in [-0.4, -0.2) is 66.0 Å². The monoisotopic (exact) mass is 334 g/mol. The van der Waals surface area contributed by atoms with Crippen molar-refractivity contribution >= 4 is 26.8 Å². The molecule has 0 aliphatic carbocycles. The van der Waals surface area contributed by atoms with Crippen LogP contribution in [0.3, 0.4) is 0 Å². The summed E-state index contributed by atoms with van der Waals surface area (Å²) in [6, 6.07) is 0. The number of likely N-dealkylation sites (tertiary alicyclic amines) is 1. The molecule has 0 radical (unpaired) electrons. The van der Waals surface area contributed by atoms with Crippen LogP contribution in [0.2, 0.25) is 0 Å². The number of carbonyl (C=O) groups excluding carboxylic acids is 1.